The zero-order valence-corrected chi connectivity index (χ0v) is 8.04. The summed E-state index contributed by atoms with van der Waals surface area (Å²) in [5, 5.41) is 9.59. The molecule has 0 aromatic heterocycles. The molecule has 0 unspecified atom stereocenters. The summed E-state index contributed by atoms with van der Waals surface area (Å²) in [6.07, 6.45) is 3.78. The van der Waals surface area contributed by atoms with E-state index < -0.39 is 0 Å². The van der Waals surface area contributed by atoms with Gasteiger partial charge in [-0.1, -0.05) is 36.3 Å². The molecule has 1 aromatic rings. The van der Waals surface area contributed by atoms with Crippen LogP contribution in [0.15, 0.2) is 36.9 Å². The van der Waals surface area contributed by atoms with Gasteiger partial charge in [0.1, 0.15) is 13.6 Å². The van der Waals surface area contributed by atoms with Gasteiger partial charge in [0.15, 0.2) is 0 Å². The molecule has 0 atom stereocenters. The third-order valence-corrected chi connectivity index (χ3v) is 1.87. The standard InChI is InChI=1S/C11H13BO/c1-3-4-8(2)10-6-5-9(12)7-11(10)13/h3-7,13H,2,12H2,1H3/b4-3+. The first-order valence-corrected chi connectivity index (χ1v) is 4.26. The molecule has 0 amide bonds. The van der Waals surface area contributed by atoms with E-state index in [0.29, 0.717) is 5.75 Å². The Kier molecular flexibility index (Phi) is 2.96. The lowest BCUT2D eigenvalue weighted by Crippen LogP contribution is -2.00. The fourth-order valence-corrected chi connectivity index (χ4v) is 1.20. The predicted octanol–water partition coefficient (Wildman–Crippen LogP) is 1.24. The van der Waals surface area contributed by atoms with Crippen LogP contribution in [0.4, 0.5) is 0 Å². The number of aromatic hydroxyl groups is 1. The fourth-order valence-electron chi connectivity index (χ4n) is 1.20. The molecule has 0 fully saturated rings. The molecule has 13 heavy (non-hydrogen) atoms. The lowest BCUT2D eigenvalue weighted by Gasteiger charge is -2.04. The van der Waals surface area contributed by atoms with Crippen molar-refractivity contribution in [2.24, 2.45) is 0 Å². The van der Waals surface area contributed by atoms with Crippen LogP contribution in [0.1, 0.15) is 12.5 Å². The van der Waals surface area contributed by atoms with Crippen LogP contribution in [0.2, 0.25) is 0 Å². The van der Waals surface area contributed by atoms with Gasteiger partial charge in [0.25, 0.3) is 0 Å². The van der Waals surface area contributed by atoms with Gasteiger partial charge in [-0.25, -0.2) is 0 Å². The van der Waals surface area contributed by atoms with E-state index in [1.165, 1.54) is 0 Å². The zero-order chi connectivity index (χ0) is 9.84. The summed E-state index contributed by atoms with van der Waals surface area (Å²) < 4.78 is 0. The molecule has 0 radical (unpaired) electrons. The topological polar surface area (TPSA) is 20.2 Å². The van der Waals surface area contributed by atoms with E-state index in [0.717, 1.165) is 16.6 Å². The smallest absolute Gasteiger partial charge is 0.139 e. The van der Waals surface area contributed by atoms with E-state index in [-0.39, 0.29) is 0 Å². The van der Waals surface area contributed by atoms with Crippen LogP contribution in [-0.2, 0) is 0 Å². The van der Waals surface area contributed by atoms with E-state index in [9.17, 15) is 5.11 Å². The Labute approximate surface area is 79.8 Å². The molecular weight excluding hydrogens is 159 g/mol. The minimum atomic E-state index is 0.295. The van der Waals surface area contributed by atoms with Gasteiger partial charge in [-0.2, -0.15) is 0 Å². The molecule has 0 spiro atoms. The molecule has 1 aromatic carbocycles. The number of phenols is 1. The second-order valence-electron chi connectivity index (χ2n) is 3.05. The van der Waals surface area contributed by atoms with Crippen molar-refractivity contribution in [3.63, 3.8) is 0 Å². The SMILES string of the molecule is Bc1ccc(C(=C)/C=C/C)c(O)c1. The second kappa shape index (κ2) is 3.99. The maximum atomic E-state index is 9.59. The van der Waals surface area contributed by atoms with Crippen molar-refractivity contribution < 1.29 is 5.11 Å². The number of phenolic OH excluding ortho intramolecular Hbond substituents is 1. The molecule has 1 nitrogen and oxygen atoms in total. The van der Waals surface area contributed by atoms with Gasteiger partial charge < -0.3 is 5.11 Å². The van der Waals surface area contributed by atoms with Gasteiger partial charge in [-0.15, -0.1) is 0 Å². The van der Waals surface area contributed by atoms with Crippen LogP contribution < -0.4 is 5.46 Å². The molecule has 0 heterocycles. The predicted molar refractivity (Wildman–Crippen MR) is 60.1 cm³/mol. The Balaban J connectivity index is 3.09. The Hall–Kier alpha value is -1.44. The monoisotopic (exact) mass is 172 g/mol. The highest BCUT2D eigenvalue weighted by Gasteiger charge is 2.01. The fraction of sp³-hybridized carbons (Fsp3) is 0.0909. The molecule has 0 bridgehead atoms. The minimum Gasteiger partial charge on any atom is -0.507 e. The number of benzene rings is 1. The second-order valence-corrected chi connectivity index (χ2v) is 3.05. The molecule has 66 valence electrons. The van der Waals surface area contributed by atoms with Crippen LogP contribution >= 0.6 is 0 Å². The first-order chi connectivity index (χ1) is 6.15. The van der Waals surface area contributed by atoms with Gasteiger partial charge >= 0.3 is 0 Å². The normalized spacial score (nSPS) is 10.5. The number of hydrogen-bond acceptors (Lipinski definition) is 1. The van der Waals surface area contributed by atoms with Gasteiger partial charge in [0, 0.05) is 5.56 Å². The van der Waals surface area contributed by atoms with Crippen molar-refractivity contribution >= 4 is 18.9 Å². The van der Waals surface area contributed by atoms with Crippen molar-refractivity contribution in [2.45, 2.75) is 6.92 Å². The third kappa shape index (κ3) is 2.25. The summed E-state index contributed by atoms with van der Waals surface area (Å²) >= 11 is 0. The van der Waals surface area contributed by atoms with Crippen molar-refractivity contribution in [3.05, 3.63) is 42.5 Å². The van der Waals surface area contributed by atoms with Crippen LogP contribution in [0.25, 0.3) is 5.57 Å². The summed E-state index contributed by atoms with van der Waals surface area (Å²) in [7, 11) is 1.95. The molecular formula is C11H13BO. The molecule has 2 heteroatoms. The average molecular weight is 172 g/mol. The molecule has 1 rings (SSSR count). The van der Waals surface area contributed by atoms with Crippen molar-refractivity contribution in [2.75, 3.05) is 0 Å². The average Bonchev–Trinajstić information content (AvgIpc) is 2.04. The Bertz CT molecular complexity index is 353. The van der Waals surface area contributed by atoms with Crippen LogP contribution in [0.3, 0.4) is 0 Å². The van der Waals surface area contributed by atoms with Crippen LogP contribution in [0, 0.1) is 0 Å². The molecule has 0 saturated heterocycles. The quantitative estimate of drug-likeness (QED) is 0.525. The number of hydrogen-bond donors (Lipinski definition) is 1. The molecule has 1 N–H and O–H groups in total. The summed E-state index contributed by atoms with van der Waals surface area (Å²) in [6.45, 7) is 5.79. The van der Waals surface area contributed by atoms with Crippen molar-refractivity contribution in [1.29, 1.82) is 0 Å². The lowest BCUT2D eigenvalue weighted by molar-refractivity contribution is 0.474. The van der Waals surface area contributed by atoms with E-state index >= 15 is 0 Å². The van der Waals surface area contributed by atoms with Gasteiger partial charge in [0.2, 0.25) is 0 Å². The number of rotatable bonds is 2. The van der Waals surface area contributed by atoms with Crippen molar-refractivity contribution in [1.82, 2.24) is 0 Å². The molecule has 0 aliphatic heterocycles. The summed E-state index contributed by atoms with van der Waals surface area (Å²) in [6, 6.07) is 5.58. The highest BCUT2D eigenvalue weighted by Crippen LogP contribution is 2.22. The summed E-state index contributed by atoms with van der Waals surface area (Å²) in [5.41, 5.74) is 2.68. The molecule has 0 saturated carbocycles. The minimum absolute atomic E-state index is 0.295. The van der Waals surface area contributed by atoms with Gasteiger partial charge in [-0.3, -0.25) is 0 Å². The molecule has 0 aliphatic rings. The first-order valence-electron chi connectivity index (χ1n) is 4.26. The Morgan fingerprint density at radius 2 is 2.23 bits per heavy atom. The van der Waals surface area contributed by atoms with Gasteiger partial charge in [0.05, 0.1) is 0 Å². The van der Waals surface area contributed by atoms with E-state index in [1.807, 2.05) is 39.1 Å². The highest BCUT2D eigenvalue weighted by molar-refractivity contribution is 6.32. The number of allylic oxidation sites excluding steroid dienone is 3. The van der Waals surface area contributed by atoms with Crippen molar-refractivity contribution in [3.8, 4) is 5.75 Å². The van der Waals surface area contributed by atoms with E-state index in [1.54, 1.807) is 6.07 Å². The zero-order valence-electron chi connectivity index (χ0n) is 8.04. The summed E-state index contributed by atoms with van der Waals surface area (Å²) in [4.78, 5) is 0. The van der Waals surface area contributed by atoms with E-state index in [2.05, 4.69) is 6.58 Å². The Morgan fingerprint density at radius 1 is 1.54 bits per heavy atom. The maximum absolute atomic E-state index is 9.59. The lowest BCUT2D eigenvalue weighted by atomic mass is 9.93. The van der Waals surface area contributed by atoms with E-state index in [4.69, 9.17) is 0 Å². The third-order valence-electron chi connectivity index (χ3n) is 1.87. The van der Waals surface area contributed by atoms with Crippen LogP contribution in [-0.4, -0.2) is 13.0 Å². The Morgan fingerprint density at radius 3 is 2.77 bits per heavy atom. The summed E-state index contributed by atoms with van der Waals surface area (Å²) in [5.74, 6) is 0.295. The van der Waals surface area contributed by atoms with Crippen LogP contribution in [0.5, 0.6) is 5.75 Å². The maximum Gasteiger partial charge on any atom is 0.139 e. The van der Waals surface area contributed by atoms with Gasteiger partial charge in [-0.05, 0) is 18.6 Å². The first kappa shape index (κ1) is 9.65. The largest absolute Gasteiger partial charge is 0.507 e. The molecule has 0 aliphatic carbocycles. The highest BCUT2D eigenvalue weighted by atomic mass is 16.3.